The average molecular weight is 449 g/mol. The normalized spacial score (nSPS) is 11.4. The summed E-state index contributed by atoms with van der Waals surface area (Å²) in [7, 11) is 3.07. The molecule has 7 nitrogen and oxygen atoms in total. The standard InChI is InChI=1S/C23H29ClN2O5/c1-5-21(23(28)25-6-2)26(14-16-9-7-8-10-20(16)24)22(27)15-31-19-12-17(29-3)11-18(13-19)30-4/h7-13,21H,5-6,14-15H2,1-4H3,(H,25,28)/t21-/m1/s1. The van der Waals surface area contributed by atoms with Crippen LogP contribution in [-0.4, -0.2) is 50.1 Å². The van der Waals surface area contributed by atoms with Crippen LogP contribution in [-0.2, 0) is 16.1 Å². The van der Waals surface area contributed by atoms with E-state index in [0.29, 0.717) is 35.2 Å². The molecule has 1 atom stereocenters. The van der Waals surface area contributed by atoms with Crippen molar-refractivity contribution in [2.45, 2.75) is 32.9 Å². The van der Waals surface area contributed by atoms with Crippen LogP contribution in [0.15, 0.2) is 42.5 Å². The summed E-state index contributed by atoms with van der Waals surface area (Å²) in [4.78, 5) is 27.3. The van der Waals surface area contributed by atoms with E-state index in [1.165, 1.54) is 19.1 Å². The zero-order valence-corrected chi connectivity index (χ0v) is 19.1. The Hall–Kier alpha value is -2.93. The number of rotatable bonds is 11. The van der Waals surface area contributed by atoms with Crippen molar-refractivity contribution in [2.24, 2.45) is 0 Å². The molecule has 0 radical (unpaired) electrons. The zero-order chi connectivity index (χ0) is 22.8. The molecule has 0 unspecified atom stereocenters. The summed E-state index contributed by atoms with van der Waals surface area (Å²) in [5, 5.41) is 3.33. The van der Waals surface area contributed by atoms with Crippen LogP contribution < -0.4 is 19.5 Å². The van der Waals surface area contributed by atoms with Crippen molar-refractivity contribution in [3.63, 3.8) is 0 Å². The van der Waals surface area contributed by atoms with Crippen molar-refractivity contribution in [1.82, 2.24) is 10.2 Å². The van der Waals surface area contributed by atoms with Crippen molar-refractivity contribution >= 4 is 23.4 Å². The Morgan fingerprint density at radius 1 is 1.03 bits per heavy atom. The molecule has 0 saturated carbocycles. The van der Waals surface area contributed by atoms with E-state index in [0.717, 1.165) is 5.56 Å². The summed E-state index contributed by atoms with van der Waals surface area (Å²) in [5.41, 5.74) is 0.753. The van der Waals surface area contributed by atoms with Crippen LogP contribution in [0.1, 0.15) is 25.8 Å². The van der Waals surface area contributed by atoms with E-state index in [4.69, 9.17) is 25.8 Å². The molecular weight excluding hydrogens is 420 g/mol. The minimum atomic E-state index is -0.646. The molecule has 0 heterocycles. The monoisotopic (exact) mass is 448 g/mol. The Morgan fingerprint density at radius 3 is 2.19 bits per heavy atom. The number of hydrogen-bond acceptors (Lipinski definition) is 5. The number of halogens is 1. The molecule has 0 aliphatic carbocycles. The van der Waals surface area contributed by atoms with Gasteiger partial charge in [-0.3, -0.25) is 9.59 Å². The SMILES string of the molecule is CCNC(=O)[C@@H](CC)N(Cc1ccccc1Cl)C(=O)COc1cc(OC)cc(OC)c1. The Balaban J connectivity index is 2.25. The van der Waals surface area contributed by atoms with Gasteiger partial charge in [0, 0.05) is 36.3 Å². The Bertz CT molecular complexity index is 868. The molecule has 2 aromatic rings. The van der Waals surface area contributed by atoms with E-state index in [1.807, 2.05) is 32.0 Å². The van der Waals surface area contributed by atoms with Crippen molar-refractivity contribution in [1.29, 1.82) is 0 Å². The van der Waals surface area contributed by atoms with Gasteiger partial charge in [0.15, 0.2) is 6.61 Å². The van der Waals surface area contributed by atoms with Gasteiger partial charge in [0.2, 0.25) is 5.91 Å². The third kappa shape index (κ3) is 6.79. The number of hydrogen-bond donors (Lipinski definition) is 1. The van der Waals surface area contributed by atoms with Crippen LogP contribution in [0.5, 0.6) is 17.2 Å². The summed E-state index contributed by atoms with van der Waals surface area (Å²) in [6.45, 7) is 4.11. The van der Waals surface area contributed by atoms with Crippen molar-refractivity contribution in [3.8, 4) is 17.2 Å². The van der Waals surface area contributed by atoms with Gasteiger partial charge in [-0.2, -0.15) is 0 Å². The second-order valence-electron chi connectivity index (χ2n) is 6.77. The number of ether oxygens (including phenoxy) is 3. The minimum Gasteiger partial charge on any atom is -0.496 e. The fourth-order valence-electron chi connectivity index (χ4n) is 3.11. The molecule has 2 amide bonds. The summed E-state index contributed by atoms with van der Waals surface area (Å²) in [6.07, 6.45) is 0.453. The quantitative estimate of drug-likeness (QED) is 0.567. The molecule has 8 heteroatoms. The number of benzene rings is 2. The molecule has 31 heavy (non-hydrogen) atoms. The number of carbonyl (C=O) groups is 2. The molecule has 0 saturated heterocycles. The highest BCUT2D eigenvalue weighted by molar-refractivity contribution is 6.31. The van der Waals surface area contributed by atoms with Crippen LogP contribution in [0.3, 0.4) is 0 Å². The first-order valence-corrected chi connectivity index (χ1v) is 10.5. The maximum absolute atomic E-state index is 13.2. The second kappa shape index (κ2) is 12.1. The second-order valence-corrected chi connectivity index (χ2v) is 7.18. The number of nitrogens with one attached hydrogen (secondary N) is 1. The van der Waals surface area contributed by atoms with Crippen LogP contribution in [0.25, 0.3) is 0 Å². The Morgan fingerprint density at radius 2 is 1.65 bits per heavy atom. The summed E-state index contributed by atoms with van der Waals surface area (Å²) < 4.78 is 16.2. The molecular formula is C23H29ClN2O5. The highest BCUT2D eigenvalue weighted by Gasteiger charge is 2.29. The molecule has 0 fully saturated rings. The largest absolute Gasteiger partial charge is 0.496 e. The van der Waals surface area contributed by atoms with Crippen LogP contribution in [0.4, 0.5) is 0 Å². The molecule has 0 bridgehead atoms. The molecule has 0 aliphatic heterocycles. The van der Waals surface area contributed by atoms with Gasteiger partial charge in [-0.05, 0) is 25.0 Å². The predicted molar refractivity (Wildman–Crippen MR) is 120 cm³/mol. The predicted octanol–water partition coefficient (Wildman–Crippen LogP) is 3.68. The van der Waals surface area contributed by atoms with E-state index in [-0.39, 0.29) is 25.0 Å². The van der Waals surface area contributed by atoms with Gasteiger partial charge >= 0.3 is 0 Å². The number of amides is 2. The van der Waals surface area contributed by atoms with E-state index in [1.54, 1.807) is 24.3 Å². The fraction of sp³-hybridized carbons (Fsp3) is 0.391. The molecule has 2 aromatic carbocycles. The topological polar surface area (TPSA) is 77.1 Å². The molecule has 1 N–H and O–H groups in total. The van der Waals surface area contributed by atoms with E-state index in [2.05, 4.69) is 5.32 Å². The first kappa shape index (κ1) is 24.3. The van der Waals surface area contributed by atoms with Crippen LogP contribution in [0, 0.1) is 0 Å². The lowest BCUT2D eigenvalue weighted by atomic mass is 10.1. The van der Waals surface area contributed by atoms with Gasteiger partial charge < -0.3 is 24.4 Å². The zero-order valence-electron chi connectivity index (χ0n) is 18.3. The number of likely N-dealkylation sites (N-methyl/N-ethyl adjacent to an activating group) is 1. The summed E-state index contributed by atoms with van der Waals surface area (Å²) in [6, 6.07) is 11.6. The maximum Gasteiger partial charge on any atom is 0.261 e. The van der Waals surface area contributed by atoms with Crippen LogP contribution >= 0.6 is 11.6 Å². The first-order chi connectivity index (χ1) is 14.9. The summed E-state index contributed by atoms with van der Waals surface area (Å²) in [5.74, 6) is 0.966. The third-order valence-corrected chi connectivity index (χ3v) is 5.09. The molecule has 2 rings (SSSR count). The van der Waals surface area contributed by atoms with E-state index < -0.39 is 6.04 Å². The van der Waals surface area contributed by atoms with Gasteiger partial charge in [-0.25, -0.2) is 0 Å². The minimum absolute atomic E-state index is 0.193. The molecule has 0 spiro atoms. The van der Waals surface area contributed by atoms with Crippen molar-refractivity contribution in [2.75, 3.05) is 27.4 Å². The van der Waals surface area contributed by atoms with Crippen molar-refractivity contribution in [3.05, 3.63) is 53.1 Å². The lowest BCUT2D eigenvalue weighted by molar-refractivity contribution is -0.142. The number of methoxy groups -OCH3 is 2. The Kier molecular flexibility index (Phi) is 9.46. The highest BCUT2D eigenvalue weighted by atomic mass is 35.5. The number of nitrogens with zero attached hydrogens (tertiary/aromatic N) is 1. The highest BCUT2D eigenvalue weighted by Crippen LogP contribution is 2.27. The van der Waals surface area contributed by atoms with E-state index >= 15 is 0 Å². The lowest BCUT2D eigenvalue weighted by Crippen LogP contribution is -2.50. The summed E-state index contributed by atoms with van der Waals surface area (Å²) >= 11 is 6.30. The third-order valence-electron chi connectivity index (χ3n) is 4.72. The molecule has 0 aliphatic rings. The average Bonchev–Trinajstić information content (AvgIpc) is 2.78. The smallest absolute Gasteiger partial charge is 0.261 e. The van der Waals surface area contributed by atoms with Crippen molar-refractivity contribution < 1.29 is 23.8 Å². The van der Waals surface area contributed by atoms with Crippen LogP contribution in [0.2, 0.25) is 5.02 Å². The molecule has 0 aromatic heterocycles. The molecule has 168 valence electrons. The Labute approximate surface area is 188 Å². The van der Waals surface area contributed by atoms with Gasteiger partial charge in [-0.15, -0.1) is 0 Å². The lowest BCUT2D eigenvalue weighted by Gasteiger charge is -2.30. The van der Waals surface area contributed by atoms with Gasteiger partial charge in [-0.1, -0.05) is 36.7 Å². The van der Waals surface area contributed by atoms with Gasteiger partial charge in [0.1, 0.15) is 23.3 Å². The van der Waals surface area contributed by atoms with Gasteiger partial charge in [0.25, 0.3) is 5.91 Å². The van der Waals surface area contributed by atoms with E-state index in [9.17, 15) is 9.59 Å². The maximum atomic E-state index is 13.2. The first-order valence-electron chi connectivity index (χ1n) is 10.1. The fourth-order valence-corrected chi connectivity index (χ4v) is 3.31. The van der Waals surface area contributed by atoms with Gasteiger partial charge in [0.05, 0.1) is 14.2 Å². The number of carbonyl (C=O) groups excluding carboxylic acids is 2.